The highest BCUT2D eigenvalue weighted by atomic mass is 16.3. The summed E-state index contributed by atoms with van der Waals surface area (Å²) in [6.45, 7) is 5.52. The molecular weight excluding hydrogens is 260 g/mol. The molecule has 3 rings (SSSR count). The molecular formula is C13H16N4O3. The lowest BCUT2D eigenvalue weighted by Crippen LogP contribution is -2.17. The van der Waals surface area contributed by atoms with E-state index in [-0.39, 0.29) is 29.6 Å². The molecule has 1 aliphatic rings. The van der Waals surface area contributed by atoms with Crippen LogP contribution in [0, 0.1) is 12.8 Å². The highest BCUT2D eigenvalue weighted by molar-refractivity contribution is 5.69. The summed E-state index contributed by atoms with van der Waals surface area (Å²) in [7, 11) is 0. The highest BCUT2D eigenvalue weighted by Crippen LogP contribution is 2.39. The van der Waals surface area contributed by atoms with Gasteiger partial charge in [0.25, 0.3) is 5.56 Å². The van der Waals surface area contributed by atoms with Crippen LogP contribution in [-0.2, 0) is 0 Å². The summed E-state index contributed by atoms with van der Waals surface area (Å²) in [6.07, 6.45) is 1.33. The van der Waals surface area contributed by atoms with E-state index < -0.39 is 6.10 Å². The first-order valence-electron chi connectivity index (χ1n) is 6.44. The summed E-state index contributed by atoms with van der Waals surface area (Å²) >= 11 is 0. The van der Waals surface area contributed by atoms with Crippen molar-refractivity contribution in [2.45, 2.75) is 25.5 Å². The van der Waals surface area contributed by atoms with E-state index in [1.807, 2.05) is 0 Å². The third kappa shape index (κ3) is 1.78. The van der Waals surface area contributed by atoms with Gasteiger partial charge in [0.1, 0.15) is 5.82 Å². The van der Waals surface area contributed by atoms with Crippen LogP contribution in [0.1, 0.15) is 18.3 Å². The maximum Gasteiger partial charge on any atom is 0.279 e. The van der Waals surface area contributed by atoms with Gasteiger partial charge < -0.3 is 19.8 Å². The molecule has 2 aromatic rings. The molecule has 1 aliphatic carbocycles. The molecule has 0 aliphatic heterocycles. The molecule has 1 fully saturated rings. The van der Waals surface area contributed by atoms with Crippen LogP contribution in [0.5, 0.6) is 0 Å². The van der Waals surface area contributed by atoms with Crippen LogP contribution in [0.4, 0.5) is 0 Å². The van der Waals surface area contributed by atoms with E-state index in [0.717, 1.165) is 5.57 Å². The zero-order chi connectivity index (χ0) is 14.4. The van der Waals surface area contributed by atoms with Crippen LogP contribution in [0.2, 0.25) is 0 Å². The number of nitrogens with one attached hydrogen (secondary N) is 1. The summed E-state index contributed by atoms with van der Waals surface area (Å²) < 4.78 is 1.75. The summed E-state index contributed by atoms with van der Waals surface area (Å²) in [5.41, 5.74) is 1.20. The summed E-state index contributed by atoms with van der Waals surface area (Å²) in [6, 6.07) is -0.208. The summed E-state index contributed by atoms with van der Waals surface area (Å²) in [4.78, 5) is 22.8. The van der Waals surface area contributed by atoms with Gasteiger partial charge in [-0.05, 0) is 18.9 Å². The van der Waals surface area contributed by atoms with Crippen molar-refractivity contribution in [3.63, 3.8) is 0 Å². The number of imidazole rings is 1. The van der Waals surface area contributed by atoms with Crippen LogP contribution in [0.3, 0.4) is 0 Å². The van der Waals surface area contributed by atoms with Gasteiger partial charge in [-0.1, -0.05) is 6.58 Å². The average molecular weight is 276 g/mol. The Balaban J connectivity index is 2.12. The van der Waals surface area contributed by atoms with E-state index in [0.29, 0.717) is 17.9 Å². The number of rotatable bonds is 2. The second-order valence-electron chi connectivity index (χ2n) is 5.16. The zero-order valence-corrected chi connectivity index (χ0v) is 11.1. The van der Waals surface area contributed by atoms with Gasteiger partial charge in [-0.15, -0.1) is 0 Å². The summed E-state index contributed by atoms with van der Waals surface area (Å²) in [5.74, 6) is 0.160. The largest absolute Gasteiger partial charge is 0.396 e. The summed E-state index contributed by atoms with van der Waals surface area (Å²) in [5, 5.41) is 19.3. The first-order chi connectivity index (χ1) is 9.52. The number of aliphatic hydroxyl groups is 2. The van der Waals surface area contributed by atoms with Crippen LogP contribution in [-0.4, -0.2) is 42.4 Å². The van der Waals surface area contributed by atoms with Gasteiger partial charge in [-0.2, -0.15) is 0 Å². The molecule has 0 radical (unpaired) electrons. The second kappa shape index (κ2) is 4.53. The lowest BCUT2D eigenvalue weighted by molar-refractivity contribution is 0.101. The van der Waals surface area contributed by atoms with E-state index >= 15 is 0 Å². The predicted molar refractivity (Wildman–Crippen MR) is 72.3 cm³/mol. The number of hydrogen-bond donors (Lipinski definition) is 3. The molecule has 106 valence electrons. The van der Waals surface area contributed by atoms with Crippen LogP contribution in [0.15, 0.2) is 23.3 Å². The molecule has 3 atom stereocenters. The first kappa shape index (κ1) is 13.0. The molecule has 0 aromatic carbocycles. The number of aromatic amines is 1. The Bertz CT molecular complexity index is 733. The fraction of sp³-hybridized carbons (Fsp3) is 0.462. The topological polar surface area (TPSA) is 104 Å². The van der Waals surface area contributed by atoms with Crippen molar-refractivity contribution in [3.8, 4) is 0 Å². The van der Waals surface area contributed by atoms with E-state index in [2.05, 4.69) is 21.5 Å². The Morgan fingerprint density at radius 1 is 1.60 bits per heavy atom. The fourth-order valence-electron chi connectivity index (χ4n) is 2.83. The van der Waals surface area contributed by atoms with E-state index in [9.17, 15) is 15.0 Å². The van der Waals surface area contributed by atoms with Crippen LogP contribution < -0.4 is 5.56 Å². The lowest BCUT2D eigenvalue weighted by Gasteiger charge is -2.15. The van der Waals surface area contributed by atoms with Crippen molar-refractivity contribution in [1.29, 1.82) is 0 Å². The Morgan fingerprint density at radius 2 is 2.35 bits per heavy atom. The Kier molecular flexibility index (Phi) is 2.95. The van der Waals surface area contributed by atoms with Crippen molar-refractivity contribution in [2.24, 2.45) is 5.92 Å². The molecule has 20 heavy (non-hydrogen) atoms. The monoisotopic (exact) mass is 276 g/mol. The van der Waals surface area contributed by atoms with Crippen molar-refractivity contribution >= 4 is 11.2 Å². The minimum Gasteiger partial charge on any atom is -0.396 e. The molecule has 0 amide bonds. The van der Waals surface area contributed by atoms with Gasteiger partial charge in [-0.25, -0.2) is 9.97 Å². The molecule has 7 nitrogen and oxygen atoms in total. The molecule has 2 aromatic heterocycles. The minimum atomic E-state index is -0.641. The number of H-pyrrole nitrogens is 1. The van der Waals surface area contributed by atoms with Crippen molar-refractivity contribution in [1.82, 2.24) is 19.5 Å². The van der Waals surface area contributed by atoms with Crippen LogP contribution in [0.25, 0.3) is 11.2 Å². The van der Waals surface area contributed by atoms with E-state index in [1.54, 1.807) is 11.5 Å². The number of aliphatic hydroxyl groups excluding tert-OH is 2. The quantitative estimate of drug-likeness (QED) is 0.664. The van der Waals surface area contributed by atoms with E-state index in [1.165, 1.54) is 6.33 Å². The van der Waals surface area contributed by atoms with Crippen molar-refractivity contribution in [3.05, 3.63) is 34.7 Å². The third-order valence-corrected chi connectivity index (χ3v) is 3.92. The lowest BCUT2D eigenvalue weighted by atomic mass is 10.0. The second-order valence-corrected chi connectivity index (χ2v) is 5.16. The Labute approximate surface area is 114 Å². The van der Waals surface area contributed by atoms with E-state index in [4.69, 9.17) is 0 Å². The molecule has 1 saturated carbocycles. The van der Waals surface area contributed by atoms with Gasteiger partial charge in [-0.3, -0.25) is 4.79 Å². The molecule has 2 unspecified atom stereocenters. The zero-order valence-electron chi connectivity index (χ0n) is 11.1. The number of hydrogen-bond acceptors (Lipinski definition) is 5. The number of aromatic nitrogens is 4. The van der Waals surface area contributed by atoms with Gasteiger partial charge >= 0.3 is 0 Å². The normalized spacial score (nSPS) is 26.6. The minimum absolute atomic E-state index is 0.143. The third-order valence-electron chi connectivity index (χ3n) is 3.92. The molecule has 0 bridgehead atoms. The fourth-order valence-corrected chi connectivity index (χ4v) is 2.83. The van der Waals surface area contributed by atoms with Gasteiger partial charge in [0.15, 0.2) is 11.2 Å². The maximum absolute atomic E-state index is 11.8. The molecule has 2 heterocycles. The first-order valence-corrected chi connectivity index (χ1v) is 6.44. The predicted octanol–water partition coefficient (Wildman–Crippen LogP) is -0.102. The highest BCUT2D eigenvalue weighted by Gasteiger charge is 2.37. The van der Waals surface area contributed by atoms with Crippen molar-refractivity contribution < 1.29 is 10.2 Å². The van der Waals surface area contributed by atoms with Gasteiger partial charge in [0, 0.05) is 5.92 Å². The van der Waals surface area contributed by atoms with Crippen LogP contribution >= 0.6 is 0 Å². The number of aryl methyl sites for hydroxylation is 1. The molecule has 7 heteroatoms. The Morgan fingerprint density at radius 3 is 3.00 bits per heavy atom. The van der Waals surface area contributed by atoms with Gasteiger partial charge in [0.2, 0.25) is 0 Å². The van der Waals surface area contributed by atoms with Crippen molar-refractivity contribution in [2.75, 3.05) is 6.61 Å². The number of nitrogens with zero attached hydrogens (tertiary/aromatic N) is 3. The molecule has 0 spiro atoms. The molecule has 3 N–H and O–H groups in total. The SMILES string of the molecule is C=C1C(CO)C(O)C[C@@H]1n1cnc2c(=O)[nH]c(C)nc21. The maximum atomic E-state index is 11.8. The Hall–Kier alpha value is -1.99. The smallest absolute Gasteiger partial charge is 0.279 e. The molecule has 0 saturated heterocycles. The average Bonchev–Trinajstić information content (AvgIpc) is 2.91. The number of fused-ring (bicyclic) bond motifs is 1. The standard InChI is InChI=1S/C13H16N4O3/c1-6-8(4-18)10(19)3-9(6)17-5-14-11-12(17)15-7(2)16-13(11)20/h5,8-10,18-19H,1,3-4H2,2H3,(H,15,16,20)/t8?,9-,10?/m0/s1. The van der Waals surface area contributed by atoms with Gasteiger partial charge in [0.05, 0.1) is 25.1 Å².